The average molecular weight is 448 g/mol. The van der Waals surface area contributed by atoms with Gasteiger partial charge in [-0.1, -0.05) is 29.3 Å². The number of carbonyl (C=O) groups is 1. The van der Waals surface area contributed by atoms with Gasteiger partial charge < -0.3 is 9.47 Å². The van der Waals surface area contributed by atoms with Crippen LogP contribution >= 0.6 is 23.2 Å². The maximum Gasteiger partial charge on any atom is 0.306 e. The van der Waals surface area contributed by atoms with E-state index in [0.717, 1.165) is 6.26 Å². The molecule has 0 unspecified atom stereocenters. The molecule has 28 heavy (non-hydrogen) atoms. The summed E-state index contributed by atoms with van der Waals surface area (Å²) in [6, 6.07) is 9.10. The van der Waals surface area contributed by atoms with Crippen LogP contribution in [0.15, 0.2) is 36.4 Å². The van der Waals surface area contributed by atoms with Crippen LogP contribution in [0.4, 0.5) is 5.69 Å². The second-order valence-corrected chi connectivity index (χ2v) is 8.45. The normalized spacial score (nSPS) is 11.2. The topological polar surface area (TPSA) is 93.1 Å². The van der Waals surface area contributed by atoms with Crippen molar-refractivity contribution in [2.75, 3.05) is 17.3 Å². The SMILES string of the molecule is CCOC(=O)CCc1ccc(Oc2ccc(Cl)cc2Cl)c(N(O)S(C)(=O)=O)c1. The molecular weight excluding hydrogens is 429 g/mol. The van der Waals surface area contributed by atoms with Crippen LogP contribution in [0.3, 0.4) is 0 Å². The van der Waals surface area contributed by atoms with Crippen LogP contribution in [-0.2, 0) is 26.0 Å². The molecule has 2 aromatic carbocycles. The van der Waals surface area contributed by atoms with Gasteiger partial charge in [0.1, 0.15) is 11.4 Å². The molecule has 0 heterocycles. The number of sulfonamides is 1. The van der Waals surface area contributed by atoms with Gasteiger partial charge in [0.25, 0.3) is 10.0 Å². The molecule has 0 aliphatic heterocycles. The van der Waals surface area contributed by atoms with Crippen LogP contribution < -0.4 is 9.21 Å². The van der Waals surface area contributed by atoms with Crippen LogP contribution in [0.25, 0.3) is 0 Å². The second-order valence-electron chi connectivity index (χ2n) is 5.79. The van der Waals surface area contributed by atoms with Crippen molar-refractivity contribution in [2.24, 2.45) is 0 Å². The molecule has 2 rings (SSSR count). The first-order valence-corrected chi connectivity index (χ1v) is 10.8. The Hall–Kier alpha value is -2.00. The van der Waals surface area contributed by atoms with E-state index >= 15 is 0 Å². The summed E-state index contributed by atoms with van der Waals surface area (Å²) >= 11 is 12.0. The van der Waals surface area contributed by atoms with Crippen molar-refractivity contribution in [3.05, 3.63) is 52.0 Å². The number of rotatable bonds is 8. The minimum atomic E-state index is -3.98. The van der Waals surface area contributed by atoms with E-state index in [-0.39, 0.29) is 45.7 Å². The van der Waals surface area contributed by atoms with Gasteiger partial charge in [0.05, 0.1) is 17.9 Å². The van der Waals surface area contributed by atoms with Crippen LogP contribution in [0, 0.1) is 0 Å². The van der Waals surface area contributed by atoms with E-state index < -0.39 is 10.0 Å². The molecule has 7 nitrogen and oxygen atoms in total. The maximum atomic E-state index is 11.8. The van der Waals surface area contributed by atoms with E-state index in [2.05, 4.69) is 0 Å². The fourth-order valence-corrected chi connectivity index (χ4v) is 3.24. The smallest absolute Gasteiger partial charge is 0.306 e. The molecule has 0 aliphatic rings. The first-order chi connectivity index (χ1) is 13.1. The zero-order valence-corrected chi connectivity index (χ0v) is 17.5. The molecule has 10 heteroatoms. The molecular formula is C18H19Cl2NO6S. The third kappa shape index (κ3) is 6.00. The van der Waals surface area contributed by atoms with Crippen LogP contribution in [-0.4, -0.2) is 32.5 Å². The lowest BCUT2D eigenvalue weighted by Crippen LogP contribution is -2.26. The number of hydrogen-bond donors (Lipinski definition) is 1. The van der Waals surface area contributed by atoms with Gasteiger partial charge >= 0.3 is 5.97 Å². The minimum Gasteiger partial charge on any atom is -0.466 e. The lowest BCUT2D eigenvalue weighted by molar-refractivity contribution is -0.143. The predicted molar refractivity (Wildman–Crippen MR) is 107 cm³/mol. The van der Waals surface area contributed by atoms with Crippen LogP contribution in [0.2, 0.25) is 10.0 Å². The zero-order valence-electron chi connectivity index (χ0n) is 15.2. The minimum absolute atomic E-state index is 0.0528. The highest BCUT2D eigenvalue weighted by Crippen LogP contribution is 2.37. The molecule has 0 atom stereocenters. The molecule has 152 valence electrons. The molecule has 0 aromatic heterocycles. The summed E-state index contributed by atoms with van der Waals surface area (Å²) in [6.45, 7) is 1.98. The summed E-state index contributed by atoms with van der Waals surface area (Å²) in [6.07, 6.45) is 1.25. The van der Waals surface area contributed by atoms with Gasteiger partial charge in [0, 0.05) is 11.4 Å². The Morgan fingerprint density at radius 2 is 1.82 bits per heavy atom. The van der Waals surface area contributed by atoms with Crippen molar-refractivity contribution < 1.29 is 27.9 Å². The molecule has 0 bridgehead atoms. The highest BCUT2D eigenvalue weighted by molar-refractivity contribution is 7.91. The quantitative estimate of drug-likeness (QED) is 0.474. The van der Waals surface area contributed by atoms with E-state index in [9.17, 15) is 18.4 Å². The third-order valence-electron chi connectivity index (χ3n) is 3.58. The van der Waals surface area contributed by atoms with Gasteiger partial charge in [0.15, 0.2) is 5.75 Å². The van der Waals surface area contributed by atoms with Gasteiger partial charge in [-0.2, -0.15) is 0 Å². The van der Waals surface area contributed by atoms with Gasteiger partial charge in [-0.15, -0.1) is 4.47 Å². The van der Waals surface area contributed by atoms with Gasteiger partial charge in [-0.05, 0) is 49.2 Å². The fraction of sp³-hybridized carbons (Fsp3) is 0.278. The molecule has 0 amide bonds. The molecule has 1 N–H and O–H groups in total. The van der Waals surface area contributed by atoms with Crippen molar-refractivity contribution in [1.82, 2.24) is 0 Å². The van der Waals surface area contributed by atoms with Crippen LogP contribution in [0.1, 0.15) is 18.9 Å². The number of carbonyl (C=O) groups excluding carboxylic acids is 1. The molecule has 2 aromatic rings. The summed E-state index contributed by atoms with van der Waals surface area (Å²) in [7, 11) is -3.98. The summed E-state index contributed by atoms with van der Waals surface area (Å²) in [5, 5.41) is 10.8. The number of halogens is 2. The summed E-state index contributed by atoms with van der Waals surface area (Å²) in [5.74, 6) is -0.0909. The molecule has 0 saturated carbocycles. The monoisotopic (exact) mass is 447 g/mol. The standard InChI is InChI=1S/C18H19Cl2NO6S/c1-3-26-18(22)9-5-12-4-7-17(15(10-12)21(23)28(2,24)25)27-16-8-6-13(19)11-14(16)20/h4,6-8,10-11,23H,3,5,9H2,1-2H3. The van der Waals surface area contributed by atoms with Crippen LogP contribution in [0.5, 0.6) is 11.5 Å². The predicted octanol–water partition coefficient (Wildman–Crippen LogP) is 4.44. The maximum absolute atomic E-state index is 11.8. The Bertz CT molecular complexity index is 965. The van der Waals surface area contributed by atoms with Gasteiger partial charge in [0.2, 0.25) is 0 Å². The van der Waals surface area contributed by atoms with Gasteiger partial charge in [-0.25, -0.2) is 8.42 Å². The highest BCUT2D eigenvalue weighted by atomic mass is 35.5. The number of aryl methyl sites for hydroxylation is 1. The van der Waals surface area contributed by atoms with Crippen molar-refractivity contribution in [1.29, 1.82) is 0 Å². The van der Waals surface area contributed by atoms with Crippen molar-refractivity contribution in [3.8, 4) is 11.5 Å². The Labute approximate surface area is 173 Å². The molecule has 0 spiro atoms. The number of nitrogens with zero attached hydrogens (tertiary/aromatic N) is 1. The van der Waals surface area contributed by atoms with Crippen molar-refractivity contribution >= 4 is 44.9 Å². The fourth-order valence-electron chi connectivity index (χ4n) is 2.29. The molecule has 0 aliphatic carbocycles. The molecule has 0 radical (unpaired) electrons. The lowest BCUT2D eigenvalue weighted by Gasteiger charge is -2.19. The third-order valence-corrected chi connectivity index (χ3v) is 4.94. The lowest BCUT2D eigenvalue weighted by atomic mass is 10.1. The van der Waals surface area contributed by atoms with Crippen molar-refractivity contribution in [2.45, 2.75) is 19.8 Å². The number of benzene rings is 2. The number of esters is 1. The Kier molecular flexibility index (Phi) is 7.54. The molecule has 0 saturated heterocycles. The second kappa shape index (κ2) is 9.47. The molecule has 0 fully saturated rings. The highest BCUT2D eigenvalue weighted by Gasteiger charge is 2.21. The van der Waals surface area contributed by atoms with E-state index in [1.165, 1.54) is 24.3 Å². The number of ether oxygens (including phenoxy) is 2. The van der Waals surface area contributed by atoms with Crippen molar-refractivity contribution in [3.63, 3.8) is 0 Å². The van der Waals surface area contributed by atoms with E-state index in [1.54, 1.807) is 19.1 Å². The number of hydrogen-bond acceptors (Lipinski definition) is 6. The Balaban J connectivity index is 2.37. The summed E-state index contributed by atoms with van der Waals surface area (Å²) < 4.78 is 34.3. The first kappa shape index (κ1) is 22.3. The Morgan fingerprint density at radius 1 is 1.14 bits per heavy atom. The van der Waals surface area contributed by atoms with E-state index in [0.29, 0.717) is 17.0 Å². The first-order valence-electron chi connectivity index (χ1n) is 8.22. The largest absolute Gasteiger partial charge is 0.466 e. The zero-order chi connectivity index (χ0) is 20.9. The summed E-state index contributed by atoms with van der Waals surface area (Å²) in [4.78, 5) is 11.5. The van der Waals surface area contributed by atoms with Gasteiger partial charge in [-0.3, -0.25) is 10.0 Å². The number of anilines is 1. The van der Waals surface area contributed by atoms with E-state index in [4.69, 9.17) is 32.7 Å². The van der Waals surface area contributed by atoms with E-state index in [1.807, 2.05) is 0 Å². The average Bonchev–Trinajstić information content (AvgIpc) is 2.62. The Morgan fingerprint density at radius 3 is 2.43 bits per heavy atom. The summed E-state index contributed by atoms with van der Waals surface area (Å²) in [5.41, 5.74) is 0.496.